The largest absolute Gasteiger partial charge is 0.416 e. The Morgan fingerprint density at radius 2 is 1.92 bits per heavy atom. The summed E-state index contributed by atoms with van der Waals surface area (Å²) in [5.74, 6) is 0.0676. The van der Waals surface area contributed by atoms with Gasteiger partial charge < -0.3 is 21.1 Å². The van der Waals surface area contributed by atoms with Crippen molar-refractivity contribution in [1.29, 1.82) is 0 Å². The van der Waals surface area contributed by atoms with Crippen molar-refractivity contribution in [3.05, 3.63) is 65.5 Å². The number of carbonyl (C=O) groups is 1. The summed E-state index contributed by atoms with van der Waals surface area (Å²) in [7, 11) is 0. The van der Waals surface area contributed by atoms with Gasteiger partial charge >= 0.3 is 6.18 Å². The molecule has 4 N–H and O–H groups in total. The number of fused-ring (bicyclic) bond motifs is 1. The second-order valence-corrected chi connectivity index (χ2v) is 9.15. The average molecular weight is 534 g/mol. The van der Waals surface area contributed by atoms with Crippen LogP contribution in [0, 0.1) is 0 Å². The number of aliphatic hydroxyl groups is 1. The highest BCUT2D eigenvalue weighted by atomic mass is 35.5. The molecule has 2 aliphatic rings. The molecule has 2 atom stereocenters. The van der Waals surface area contributed by atoms with Gasteiger partial charge in [0.2, 0.25) is 5.91 Å². The third-order valence-corrected chi connectivity index (χ3v) is 6.65. The maximum absolute atomic E-state index is 13.4. The summed E-state index contributed by atoms with van der Waals surface area (Å²) >= 11 is 0. The molecule has 1 aliphatic heterocycles. The van der Waals surface area contributed by atoms with E-state index >= 15 is 0 Å². The van der Waals surface area contributed by atoms with Crippen LogP contribution in [0.15, 0.2) is 48.8 Å². The van der Waals surface area contributed by atoms with Crippen LogP contribution in [-0.4, -0.2) is 39.7 Å². The van der Waals surface area contributed by atoms with Gasteiger partial charge in [-0.25, -0.2) is 9.97 Å². The Labute approximate surface area is 218 Å². The van der Waals surface area contributed by atoms with Crippen LogP contribution in [0.25, 0.3) is 11.3 Å². The zero-order valence-corrected chi connectivity index (χ0v) is 20.6. The molecular formula is C26H27ClF3N5O2. The van der Waals surface area contributed by atoms with E-state index in [0.29, 0.717) is 42.9 Å². The lowest BCUT2D eigenvalue weighted by Gasteiger charge is -2.23. The molecule has 1 amide bonds. The number of nitrogens with zero attached hydrogens (tertiary/aromatic N) is 2. The number of hydrogen-bond donors (Lipinski definition) is 4. The van der Waals surface area contributed by atoms with Crippen molar-refractivity contribution >= 4 is 35.5 Å². The molecular weight excluding hydrogens is 507 g/mol. The Bertz CT molecular complexity index is 1280. The number of halogens is 4. The minimum absolute atomic E-state index is 0. The molecule has 0 unspecified atom stereocenters. The lowest BCUT2D eigenvalue weighted by molar-refractivity contribution is -0.137. The lowest BCUT2D eigenvalue weighted by Crippen LogP contribution is -2.35. The van der Waals surface area contributed by atoms with Crippen LogP contribution in [0.5, 0.6) is 0 Å². The predicted molar refractivity (Wildman–Crippen MR) is 137 cm³/mol. The molecule has 2 aromatic carbocycles. The molecule has 1 fully saturated rings. The number of nitrogens with one attached hydrogen (secondary N) is 3. The van der Waals surface area contributed by atoms with E-state index in [0.717, 1.165) is 41.8 Å². The van der Waals surface area contributed by atoms with Gasteiger partial charge in [0, 0.05) is 23.7 Å². The van der Waals surface area contributed by atoms with Crippen molar-refractivity contribution in [2.24, 2.45) is 0 Å². The van der Waals surface area contributed by atoms with Gasteiger partial charge in [-0.3, -0.25) is 4.79 Å². The quantitative estimate of drug-likeness (QED) is 0.373. The van der Waals surface area contributed by atoms with E-state index in [1.807, 2.05) is 18.2 Å². The second-order valence-electron chi connectivity index (χ2n) is 9.15. The Morgan fingerprint density at radius 1 is 1.08 bits per heavy atom. The number of anilines is 3. The van der Waals surface area contributed by atoms with E-state index in [9.17, 15) is 23.1 Å². The zero-order chi connectivity index (χ0) is 25.3. The minimum Gasteiger partial charge on any atom is -0.393 e. The number of hydrogen-bond acceptors (Lipinski definition) is 6. The molecule has 2 heterocycles. The summed E-state index contributed by atoms with van der Waals surface area (Å²) in [5.41, 5.74) is 2.88. The SMILES string of the molecule is Cl.O=C(Nc1cc(C(F)(F)F)ccc1-c1cc(Nc2cccc3c2C[C@@H](O)CC3)ncn1)[C@@H]1CCCN1. The summed E-state index contributed by atoms with van der Waals surface area (Å²) in [4.78, 5) is 21.3. The Hall–Kier alpha value is -3.21. The average Bonchev–Trinajstić information content (AvgIpc) is 3.39. The minimum atomic E-state index is -4.56. The Morgan fingerprint density at radius 3 is 2.68 bits per heavy atom. The Kier molecular flexibility index (Phi) is 8.01. The number of alkyl halides is 3. The molecule has 37 heavy (non-hydrogen) atoms. The highest BCUT2D eigenvalue weighted by Gasteiger charge is 2.32. The van der Waals surface area contributed by atoms with Gasteiger partial charge in [-0.1, -0.05) is 18.2 Å². The van der Waals surface area contributed by atoms with Gasteiger partial charge in [-0.2, -0.15) is 13.2 Å². The number of aliphatic hydroxyl groups excluding tert-OH is 1. The molecule has 5 rings (SSSR count). The summed E-state index contributed by atoms with van der Waals surface area (Å²) in [5, 5.41) is 19.1. The van der Waals surface area contributed by atoms with E-state index in [-0.39, 0.29) is 24.0 Å². The maximum atomic E-state index is 13.4. The topological polar surface area (TPSA) is 99.2 Å². The predicted octanol–water partition coefficient (Wildman–Crippen LogP) is 4.87. The highest BCUT2D eigenvalue weighted by Crippen LogP contribution is 2.36. The first-order valence-electron chi connectivity index (χ1n) is 11.9. The van der Waals surface area contributed by atoms with Crippen molar-refractivity contribution in [3.63, 3.8) is 0 Å². The van der Waals surface area contributed by atoms with Gasteiger partial charge in [0.25, 0.3) is 0 Å². The number of rotatable bonds is 5. The van der Waals surface area contributed by atoms with Crippen LogP contribution in [0.2, 0.25) is 0 Å². The van der Waals surface area contributed by atoms with Crippen LogP contribution >= 0.6 is 12.4 Å². The second kappa shape index (κ2) is 11.0. The number of aromatic nitrogens is 2. The third-order valence-electron chi connectivity index (χ3n) is 6.65. The third kappa shape index (κ3) is 6.03. The van der Waals surface area contributed by atoms with E-state index in [1.165, 1.54) is 12.4 Å². The summed E-state index contributed by atoms with van der Waals surface area (Å²) < 4.78 is 40.3. The number of carbonyl (C=O) groups excluding carboxylic acids is 1. The van der Waals surface area contributed by atoms with E-state index in [2.05, 4.69) is 25.9 Å². The molecule has 1 saturated heterocycles. The summed E-state index contributed by atoms with van der Waals surface area (Å²) in [6, 6.07) is 10.3. The monoisotopic (exact) mass is 533 g/mol. The molecule has 7 nitrogen and oxygen atoms in total. The standard InChI is InChI=1S/C26H26F3N5O2.ClH/c27-26(28,29)16-7-9-18(23(11-16)34-25(36)21-5-2-10-30-21)22-13-24(32-14-31-22)33-20-4-1-3-15-6-8-17(35)12-19(15)20;/h1,3-4,7,9,11,13-14,17,21,30,35H,2,5-6,8,10,12H2,(H,34,36)(H,31,32,33);1H/t17-,21-;/m0./s1. The number of amides is 1. The van der Waals surface area contributed by atoms with Crippen molar-refractivity contribution in [1.82, 2.24) is 15.3 Å². The normalized spacial score (nSPS) is 19.0. The lowest BCUT2D eigenvalue weighted by atomic mass is 9.88. The van der Waals surface area contributed by atoms with Gasteiger partial charge in [-0.05, 0) is 61.6 Å². The van der Waals surface area contributed by atoms with Gasteiger partial charge in [0.1, 0.15) is 12.1 Å². The smallest absolute Gasteiger partial charge is 0.393 e. The first kappa shape index (κ1) is 26.8. The number of aryl methyl sites for hydroxylation is 1. The first-order valence-corrected chi connectivity index (χ1v) is 11.9. The fourth-order valence-electron chi connectivity index (χ4n) is 4.77. The van der Waals surface area contributed by atoms with Crippen molar-refractivity contribution in [2.75, 3.05) is 17.2 Å². The van der Waals surface area contributed by atoms with Crippen molar-refractivity contribution in [2.45, 2.75) is 50.4 Å². The molecule has 0 spiro atoms. The molecule has 0 bridgehead atoms. The summed E-state index contributed by atoms with van der Waals surface area (Å²) in [6.45, 7) is 0.689. The molecule has 196 valence electrons. The van der Waals surface area contributed by atoms with Gasteiger partial charge in [0.05, 0.1) is 29.1 Å². The fourth-order valence-corrected chi connectivity index (χ4v) is 4.77. The van der Waals surface area contributed by atoms with E-state index in [4.69, 9.17) is 0 Å². The van der Waals surface area contributed by atoms with Crippen LogP contribution < -0.4 is 16.0 Å². The number of benzene rings is 2. The van der Waals surface area contributed by atoms with Gasteiger partial charge in [-0.15, -0.1) is 12.4 Å². The molecule has 0 saturated carbocycles. The van der Waals surface area contributed by atoms with Crippen LogP contribution in [0.4, 0.5) is 30.4 Å². The zero-order valence-electron chi connectivity index (χ0n) is 19.8. The molecule has 3 aromatic rings. The first-order chi connectivity index (χ1) is 17.3. The van der Waals surface area contributed by atoms with E-state index in [1.54, 1.807) is 6.07 Å². The maximum Gasteiger partial charge on any atom is 0.416 e. The molecule has 1 aliphatic carbocycles. The van der Waals surface area contributed by atoms with Crippen LogP contribution in [-0.2, 0) is 23.8 Å². The molecule has 11 heteroatoms. The fraction of sp³-hybridized carbons (Fsp3) is 0.346. The van der Waals surface area contributed by atoms with Crippen molar-refractivity contribution in [3.8, 4) is 11.3 Å². The summed E-state index contributed by atoms with van der Waals surface area (Å²) in [6.07, 6.45) is -0.164. The Balaban J connectivity index is 0.00000320. The van der Waals surface area contributed by atoms with Gasteiger partial charge in [0.15, 0.2) is 0 Å². The molecule has 0 radical (unpaired) electrons. The van der Waals surface area contributed by atoms with Crippen LogP contribution in [0.3, 0.4) is 0 Å². The molecule has 1 aromatic heterocycles. The van der Waals surface area contributed by atoms with Crippen LogP contribution in [0.1, 0.15) is 36.0 Å². The highest BCUT2D eigenvalue weighted by molar-refractivity contribution is 5.98. The van der Waals surface area contributed by atoms with E-state index < -0.39 is 23.9 Å². The van der Waals surface area contributed by atoms with Crippen molar-refractivity contribution < 1.29 is 23.1 Å².